The van der Waals surface area contributed by atoms with E-state index in [1.54, 1.807) is 0 Å². The van der Waals surface area contributed by atoms with Crippen LogP contribution in [0, 0.1) is 5.82 Å². The molecule has 112 valence electrons. The van der Waals surface area contributed by atoms with Crippen LogP contribution in [0.4, 0.5) is 28.9 Å². The lowest BCUT2D eigenvalue weighted by Crippen LogP contribution is -2.37. The molecule has 1 aromatic rings. The number of benzene rings is 1. The van der Waals surface area contributed by atoms with Crippen molar-refractivity contribution in [2.75, 3.05) is 30.3 Å². The number of aliphatic hydroxyl groups excluding tert-OH is 1. The number of hydrogen-bond acceptors (Lipinski definition) is 4. The number of aromatic carboxylic acids is 1. The molecule has 5 nitrogen and oxygen atoms in total. The molecule has 0 radical (unpaired) electrons. The Hall–Kier alpha value is -2.03. The Morgan fingerprint density at radius 2 is 1.95 bits per heavy atom. The molecule has 0 atom stereocenters. The fraction of sp³-hybridized carbons (Fsp3) is 0.364. The summed E-state index contributed by atoms with van der Waals surface area (Å²) in [5.41, 5.74) is 3.80. The highest BCUT2D eigenvalue weighted by molar-refractivity contribution is 5.95. The first-order chi connectivity index (χ1) is 9.15. The van der Waals surface area contributed by atoms with Crippen LogP contribution in [0.1, 0.15) is 10.4 Å². The third-order valence-electron chi connectivity index (χ3n) is 2.43. The molecule has 0 aliphatic heterocycles. The lowest BCUT2D eigenvalue weighted by molar-refractivity contribution is -0.119. The Bertz CT molecular complexity index is 505. The summed E-state index contributed by atoms with van der Waals surface area (Å²) in [5, 5.41) is 17.6. The van der Waals surface area contributed by atoms with E-state index in [0.29, 0.717) is 17.0 Å². The van der Waals surface area contributed by atoms with E-state index in [0.717, 1.165) is 0 Å². The van der Waals surface area contributed by atoms with Crippen LogP contribution in [0.5, 0.6) is 0 Å². The van der Waals surface area contributed by atoms with E-state index in [2.05, 4.69) is 0 Å². The molecule has 0 aliphatic rings. The standard InChI is InChI=1S/C11H12F4N2O3/c12-7-4-8(16)6(10(19)20)3-9(7)17(1-2-18)5-11(13,14)15/h3-4,18H,1-2,5,16H2,(H,19,20). The van der Waals surface area contributed by atoms with Crippen LogP contribution < -0.4 is 10.6 Å². The van der Waals surface area contributed by atoms with Gasteiger partial charge in [-0.15, -0.1) is 0 Å². The van der Waals surface area contributed by atoms with Gasteiger partial charge in [0.25, 0.3) is 0 Å². The monoisotopic (exact) mass is 296 g/mol. The fourth-order valence-electron chi connectivity index (χ4n) is 1.63. The molecule has 0 amide bonds. The molecular formula is C11H12F4N2O3. The molecule has 0 heterocycles. The van der Waals surface area contributed by atoms with Crippen LogP contribution in [-0.2, 0) is 0 Å². The summed E-state index contributed by atoms with van der Waals surface area (Å²) >= 11 is 0. The van der Waals surface area contributed by atoms with Gasteiger partial charge in [0, 0.05) is 12.2 Å². The van der Waals surface area contributed by atoms with Crippen molar-refractivity contribution in [1.82, 2.24) is 0 Å². The van der Waals surface area contributed by atoms with Gasteiger partial charge in [-0.1, -0.05) is 0 Å². The van der Waals surface area contributed by atoms with Crippen molar-refractivity contribution < 1.29 is 32.6 Å². The van der Waals surface area contributed by atoms with Gasteiger partial charge in [0.1, 0.15) is 12.4 Å². The molecule has 0 unspecified atom stereocenters. The molecule has 0 aliphatic carbocycles. The fourth-order valence-corrected chi connectivity index (χ4v) is 1.63. The highest BCUT2D eigenvalue weighted by atomic mass is 19.4. The number of nitrogen functional groups attached to an aromatic ring is 1. The summed E-state index contributed by atoms with van der Waals surface area (Å²) < 4.78 is 50.9. The second kappa shape index (κ2) is 5.95. The third-order valence-corrected chi connectivity index (χ3v) is 2.43. The van der Waals surface area contributed by atoms with Crippen LogP contribution in [0.25, 0.3) is 0 Å². The highest BCUT2D eigenvalue weighted by Gasteiger charge is 2.32. The van der Waals surface area contributed by atoms with E-state index in [9.17, 15) is 22.4 Å². The molecular weight excluding hydrogens is 284 g/mol. The number of nitrogens with zero attached hydrogens (tertiary/aromatic N) is 1. The van der Waals surface area contributed by atoms with Gasteiger partial charge in [-0.05, 0) is 12.1 Å². The number of carboxylic acids is 1. The minimum atomic E-state index is -4.63. The number of nitrogens with two attached hydrogens (primary N) is 1. The molecule has 1 rings (SSSR count). The van der Waals surface area contributed by atoms with Crippen LogP contribution in [0.2, 0.25) is 0 Å². The van der Waals surface area contributed by atoms with E-state index >= 15 is 0 Å². The normalized spacial score (nSPS) is 11.4. The van der Waals surface area contributed by atoms with E-state index in [1.807, 2.05) is 0 Å². The zero-order chi connectivity index (χ0) is 15.5. The van der Waals surface area contributed by atoms with Gasteiger partial charge in [0.15, 0.2) is 0 Å². The summed E-state index contributed by atoms with van der Waals surface area (Å²) in [5.74, 6) is -2.58. The molecule has 0 bridgehead atoms. The summed E-state index contributed by atoms with van der Waals surface area (Å²) in [7, 11) is 0. The van der Waals surface area contributed by atoms with Crippen molar-refractivity contribution in [2.24, 2.45) is 0 Å². The summed E-state index contributed by atoms with van der Waals surface area (Å²) in [6.45, 7) is -2.67. The molecule has 1 aromatic carbocycles. The Labute approximate surface area is 111 Å². The van der Waals surface area contributed by atoms with Gasteiger partial charge >= 0.3 is 12.1 Å². The van der Waals surface area contributed by atoms with Crippen molar-refractivity contribution >= 4 is 17.3 Å². The van der Waals surface area contributed by atoms with Crippen molar-refractivity contribution in [1.29, 1.82) is 0 Å². The second-order valence-electron chi connectivity index (χ2n) is 3.96. The summed E-state index contributed by atoms with van der Waals surface area (Å²) in [6, 6.07) is 1.36. The molecule has 9 heteroatoms. The Balaban J connectivity index is 3.25. The largest absolute Gasteiger partial charge is 0.478 e. The van der Waals surface area contributed by atoms with Crippen molar-refractivity contribution in [3.63, 3.8) is 0 Å². The van der Waals surface area contributed by atoms with Crippen molar-refractivity contribution in [3.8, 4) is 0 Å². The Kier molecular flexibility index (Phi) is 4.77. The topological polar surface area (TPSA) is 86.8 Å². The molecule has 0 aromatic heterocycles. The van der Waals surface area contributed by atoms with E-state index in [4.69, 9.17) is 15.9 Å². The third kappa shape index (κ3) is 3.98. The number of alkyl halides is 3. The number of carbonyl (C=O) groups is 1. The predicted molar refractivity (Wildman–Crippen MR) is 63.1 cm³/mol. The smallest absolute Gasteiger partial charge is 0.405 e. The molecule has 0 saturated carbocycles. The van der Waals surface area contributed by atoms with Crippen molar-refractivity contribution in [3.05, 3.63) is 23.5 Å². The average molecular weight is 296 g/mol. The zero-order valence-electron chi connectivity index (χ0n) is 10.1. The minimum absolute atomic E-state index is 0.394. The first-order valence-corrected chi connectivity index (χ1v) is 5.40. The number of carboxylic acid groups (broad SMARTS) is 1. The van der Waals surface area contributed by atoms with Gasteiger partial charge in [-0.2, -0.15) is 13.2 Å². The second-order valence-corrected chi connectivity index (χ2v) is 3.96. The maximum absolute atomic E-state index is 13.7. The van der Waals surface area contributed by atoms with Gasteiger partial charge in [-0.25, -0.2) is 9.18 Å². The number of aliphatic hydroxyl groups is 1. The van der Waals surface area contributed by atoms with Gasteiger partial charge in [0.2, 0.25) is 0 Å². The van der Waals surface area contributed by atoms with Crippen LogP contribution in [-0.4, -0.2) is 42.1 Å². The molecule has 0 fully saturated rings. The summed E-state index contributed by atoms with van der Waals surface area (Å²) in [4.78, 5) is 11.4. The quantitative estimate of drug-likeness (QED) is 0.566. The predicted octanol–water partition coefficient (Wildman–Crippen LogP) is 1.47. The maximum atomic E-state index is 13.7. The Morgan fingerprint density at radius 3 is 2.40 bits per heavy atom. The van der Waals surface area contributed by atoms with E-state index in [-0.39, 0.29) is 0 Å². The lowest BCUT2D eigenvalue weighted by atomic mass is 10.1. The molecule has 20 heavy (non-hydrogen) atoms. The maximum Gasteiger partial charge on any atom is 0.405 e. The first-order valence-electron chi connectivity index (χ1n) is 5.40. The first kappa shape index (κ1) is 16.0. The number of rotatable bonds is 5. The van der Waals surface area contributed by atoms with Crippen LogP contribution in [0.15, 0.2) is 12.1 Å². The molecule has 0 spiro atoms. The molecule has 0 saturated heterocycles. The minimum Gasteiger partial charge on any atom is -0.478 e. The lowest BCUT2D eigenvalue weighted by Gasteiger charge is -2.26. The number of hydrogen-bond donors (Lipinski definition) is 3. The SMILES string of the molecule is Nc1cc(F)c(N(CCO)CC(F)(F)F)cc1C(=O)O. The number of halogens is 4. The van der Waals surface area contributed by atoms with Gasteiger partial charge in [0.05, 0.1) is 17.9 Å². The zero-order valence-corrected chi connectivity index (χ0v) is 10.1. The van der Waals surface area contributed by atoms with Gasteiger partial charge in [-0.3, -0.25) is 0 Å². The highest BCUT2D eigenvalue weighted by Crippen LogP contribution is 2.28. The summed E-state index contributed by atoms with van der Waals surface area (Å²) in [6.07, 6.45) is -4.63. The van der Waals surface area contributed by atoms with Gasteiger partial charge < -0.3 is 20.8 Å². The van der Waals surface area contributed by atoms with Crippen molar-refractivity contribution in [2.45, 2.75) is 6.18 Å². The average Bonchev–Trinajstić information content (AvgIpc) is 2.26. The van der Waals surface area contributed by atoms with E-state index in [1.165, 1.54) is 0 Å². The molecule has 4 N–H and O–H groups in total. The number of anilines is 2. The van der Waals surface area contributed by atoms with Crippen LogP contribution in [0.3, 0.4) is 0 Å². The van der Waals surface area contributed by atoms with Crippen LogP contribution >= 0.6 is 0 Å². The Morgan fingerprint density at radius 1 is 1.35 bits per heavy atom. The van der Waals surface area contributed by atoms with E-state index < -0.39 is 54.6 Å².